The number of hydrogen-bond donors (Lipinski definition) is 2. The van der Waals surface area contributed by atoms with Crippen LogP contribution < -0.4 is 5.32 Å². The number of rotatable bonds is 7. The lowest BCUT2D eigenvalue weighted by molar-refractivity contribution is 0.286. The Morgan fingerprint density at radius 3 is 2.75 bits per heavy atom. The van der Waals surface area contributed by atoms with Crippen LogP contribution in [0.25, 0.3) is 0 Å². The largest absolute Gasteiger partial charge is 0.495 e. The van der Waals surface area contributed by atoms with Gasteiger partial charge >= 0.3 is 0 Å². The molecule has 0 amide bonds. The van der Waals surface area contributed by atoms with Crippen molar-refractivity contribution in [1.29, 1.82) is 0 Å². The first-order chi connectivity index (χ1) is 15.4. The van der Waals surface area contributed by atoms with Crippen LogP contribution in [0.3, 0.4) is 0 Å². The van der Waals surface area contributed by atoms with Crippen LogP contribution in [0.15, 0.2) is 96.3 Å². The van der Waals surface area contributed by atoms with E-state index in [2.05, 4.69) is 75.0 Å². The number of allylic oxidation sites excluding steroid dienone is 3. The maximum absolute atomic E-state index is 9.76. The molecule has 1 aromatic carbocycles. The van der Waals surface area contributed by atoms with Gasteiger partial charge < -0.3 is 10.4 Å². The van der Waals surface area contributed by atoms with Crippen LogP contribution in [0, 0.1) is 5.41 Å². The van der Waals surface area contributed by atoms with E-state index in [0.29, 0.717) is 13.1 Å². The predicted molar refractivity (Wildman–Crippen MR) is 137 cm³/mol. The van der Waals surface area contributed by atoms with E-state index in [1.165, 1.54) is 5.56 Å². The van der Waals surface area contributed by atoms with Crippen LogP contribution in [-0.2, 0) is 0 Å². The summed E-state index contributed by atoms with van der Waals surface area (Å²) in [5, 5.41) is 12.8. The summed E-state index contributed by atoms with van der Waals surface area (Å²) in [4.78, 5) is 9.94. The number of benzene rings is 1. The molecule has 0 bridgehead atoms. The van der Waals surface area contributed by atoms with Gasteiger partial charge in [-0.15, -0.1) is 0 Å². The Hall–Kier alpha value is -3.14. The van der Waals surface area contributed by atoms with Crippen LogP contribution in [0.4, 0.5) is 0 Å². The summed E-state index contributed by atoms with van der Waals surface area (Å²) >= 11 is 0. The maximum Gasteiger partial charge on any atom is 0.176 e. The van der Waals surface area contributed by atoms with Gasteiger partial charge in [-0.3, -0.25) is 9.98 Å². The Labute approximate surface area is 192 Å². The molecule has 4 nitrogen and oxygen atoms in total. The maximum atomic E-state index is 9.76. The van der Waals surface area contributed by atoms with E-state index in [-0.39, 0.29) is 23.3 Å². The molecule has 0 fully saturated rings. The van der Waals surface area contributed by atoms with Gasteiger partial charge in [0.2, 0.25) is 0 Å². The van der Waals surface area contributed by atoms with Crippen molar-refractivity contribution in [3.05, 3.63) is 97.5 Å². The average Bonchev–Trinajstić information content (AvgIpc) is 2.81. The number of fused-ring (bicyclic) bond motifs is 3. The Morgan fingerprint density at radius 2 is 2.06 bits per heavy atom. The van der Waals surface area contributed by atoms with Crippen LogP contribution in [0.2, 0.25) is 0 Å². The molecular formula is C28H35N3O. The van der Waals surface area contributed by atoms with Crippen molar-refractivity contribution in [3.63, 3.8) is 0 Å². The molecule has 2 N–H and O–H groups in total. The monoisotopic (exact) mass is 429 g/mol. The third-order valence-electron chi connectivity index (χ3n) is 6.47. The third kappa shape index (κ3) is 5.18. The van der Waals surface area contributed by atoms with E-state index >= 15 is 0 Å². The molecule has 3 atom stereocenters. The quantitative estimate of drug-likeness (QED) is 0.408. The van der Waals surface area contributed by atoms with Crippen LogP contribution in [-0.4, -0.2) is 35.7 Å². The summed E-state index contributed by atoms with van der Waals surface area (Å²) in [6.07, 6.45) is 11.7. The van der Waals surface area contributed by atoms with E-state index in [9.17, 15) is 5.11 Å². The van der Waals surface area contributed by atoms with Gasteiger partial charge in [-0.1, -0.05) is 63.1 Å². The van der Waals surface area contributed by atoms with Gasteiger partial charge in [-0.25, -0.2) is 0 Å². The first-order valence-corrected chi connectivity index (χ1v) is 11.4. The predicted octanol–water partition coefficient (Wildman–Crippen LogP) is 6.07. The van der Waals surface area contributed by atoms with Gasteiger partial charge in [0.05, 0.1) is 18.3 Å². The van der Waals surface area contributed by atoms with E-state index in [4.69, 9.17) is 9.98 Å². The minimum Gasteiger partial charge on any atom is -0.495 e. The number of nitrogens with zero attached hydrogens (tertiary/aromatic N) is 2. The molecule has 32 heavy (non-hydrogen) atoms. The summed E-state index contributed by atoms with van der Waals surface area (Å²) in [6, 6.07) is 8.45. The van der Waals surface area contributed by atoms with Crippen molar-refractivity contribution in [3.8, 4) is 0 Å². The topological polar surface area (TPSA) is 57.0 Å². The molecule has 0 aliphatic carbocycles. The second-order valence-electron chi connectivity index (χ2n) is 8.72. The fraction of sp³-hybridized carbons (Fsp3) is 0.357. The minimum atomic E-state index is -0.227. The molecule has 2 aliphatic heterocycles. The standard InChI is InChI=1S/C28H35N3O/c1-6-9-15-28(19-30-21(5)32)16-14-25-23-12-10-11-13-24(23)26(8-3)31-27(25)20(4)18-29-22(7-2)17-28/h7-13,15,25,27,30,32H,2-6,14,16-19H2,1H3/b15-9-,29-22?. The highest BCUT2D eigenvalue weighted by Crippen LogP contribution is 2.42. The zero-order valence-electron chi connectivity index (χ0n) is 19.2. The first-order valence-electron chi connectivity index (χ1n) is 11.4. The normalized spacial score (nSPS) is 25.7. The highest BCUT2D eigenvalue weighted by atomic mass is 16.3. The molecular weight excluding hydrogens is 394 g/mol. The van der Waals surface area contributed by atoms with E-state index in [1.807, 2.05) is 12.2 Å². The van der Waals surface area contributed by atoms with Crippen LogP contribution in [0.5, 0.6) is 0 Å². The fourth-order valence-corrected chi connectivity index (χ4v) is 4.76. The van der Waals surface area contributed by atoms with Gasteiger partial charge in [0.25, 0.3) is 0 Å². The van der Waals surface area contributed by atoms with Crippen LogP contribution in [0.1, 0.15) is 49.7 Å². The molecule has 2 aliphatic rings. The van der Waals surface area contributed by atoms with Crippen molar-refractivity contribution >= 4 is 11.4 Å². The number of aliphatic hydroxyl groups is 1. The molecule has 0 aromatic heterocycles. The summed E-state index contributed by atoms with van der Waals surface area (Å²) < 4.78 is 0. The Balaban J connectivity index is 2.09. The van der Waals surface area contributed by atoms with Crippen molar-refractivity contribution < 1.29 is 5.11 Å². The Morgan fingerprint density at radius 1 is 1.28 bits per heavy atom. The fourth-order valence-electron chi connectivity index (χ4n) is 4.76. The van der Waals surface area contributed by atoms with Gasteiger partial charge in [0.1, 0.15) is 0 Å². The Kier molecular flexibility index (Phi) is 7.68. The zero-order chi connectivity index (χ0) is 23.1. The third-order valence-corrected chi connectivity index (χ3v) is 6.47. The van der Waals surface area contributed by atoms with Gasteiger partial charge in [0.15, 0.2) is 5.88 Å². The second-order valence-corrected chi connectivity index (χ2v) is 8.72. The molecule has 3 unspecified atom stereocenters. The number of nitrogens with one attached hydrogen (secondary N) is 1. The molecule has 2 heterocycles. The molecule has 4 heteroatoms. The lowest BCUT2D eigenvalue weighted by atomic mass is 9.71. The number of aliphatic imine (C=N–C) groups is 2. The lowest BCUT2D eigenvalue weighted by Crippen LogP contribution is -2.37. The molecule has 0 radical (unpaired) electrons. The van der Waals surface area contributed by atoms with E-state index in [1.54, 1.807) is 0 Å². The van der Waals surface area contributed by atoms with Crippen molar-refractivity contribution in [1.82, 2.24) is 5.32 Å². The molecule has 0 saturated heterocycles. The molecule has 168 valence electrons. The number of hydrogen-bond acceptors (Lipinski definition) is 4. The highest BCUT2D eigenvalue weighted by molar-refractivity contribution is 6.10. The van der Waals surface area contributed by atoms with Gasteiger partial charge in [0, 0.05) is 29.2 Å². The van der Waals surface area contributed by atoms with E-state index in [0.717, 1.165) is 48.2 Å². The second kappa shape index (κ2) is 10.4. The van der Waals surface area contributed by atoms with Gasteiger partial charge in [-0.2, -0.15) is 0 Å². The lowest BCUT2D eigenvalue weighted by Gasteiger charge is -2.38. The molecule has 1 aromatic rings. The first kappa shape index (κ1) is 23.5. The highest BCUT2D eigenvalue weighted by Gasteiger charge is 2.36. The molecule has 0 saturated carbocycles. The van der Waals surface area contributed by atoms with Crippen molar-refractivity contribution in [2.24, 2.45) is 15.4 Å². The molecule has 3 rings (SSSR count). The summed E-state index contributed by atoms with van der Waals surface area (Å²) in [6.45, 7) is 19.2. The SMILES string of the molecule is C=CC1=NCC(=C)C2N=C(C=C)c3ccccc3C2CCC(/C=C\CC)(CNC(=C)O)C1. The van der Waals surface area contributed by atoms with Gasteiger partial charge in [-0.05, 0) is 55.6 Å². The zero-order valence-corrected chi connectivity index (χ0v) is 19.2. The number of aliphatic hydroxyl groups excluding tert-OH is 1. The summed E-state index contributed by atoms with van der Waals surface area (Å²) in [7, 11) is 0. The average molecular weight is 430 g/mol. The van der Waals surface area contributed by atoms with E-state index < -0.39 is 0 Å². The Bertz CT molecular complexity index is 984. The van der Waals surface area contributed by atoms with Crippen molar-refractivity contribution in [2.75, 3.05) is 13.1 Å². The van der Waals surface area contributed by atoms with Crippen LogP contribution >= 0.6 is 0 Å². The van der Waals surface area contributed by atoms with Crippen molar-refractivity contribution in [2.45, 2.75) is 44.6 Å². The smallest absolute Gasteiger partial charge is 0.176 e. The summed E-state index contributed by atoms with van der Waals surface area (Å²) in [5.74, 6) is 0.201. The minimum absolute atomic E-state index is 0.0158. The summed E-state index contributed by atoms with van der Waals surface area (Å²) in [5.41, 5.74) is 5.10. The molecule has 0 spiro atoms.